The van der Waals surface area contributed by atoms with Crippen LogP contribution in [-0.2, 0) is 23.9 Å². The fourth-order valence-corrected chi connectivity index (χ4v) is 3.47. The van der Waals surface area contributed by atoms with Gasteiger partial charge in [-0.15, -0.1) is 0 Å². The predicted molar refractivity (Wildman–Crippen MR) is 122 cm³/mol. The monoisotopic (exact) mass is 447 g/mol. The van der Waals surface area contributed by atoms with Crippen LogP contribution in [0.2, 0.25) is 0 Å². The Balaban J connectivity index is 2.93. The Morgan fingerprint density at radius 3 is 1.91 bits per heavy atom. The summed E-state index contributed by atoms with van der Waals surface area (Å²) in [5.41, 5.74) is 1.30. The number of ketones is 1. The number of Topliss-reactive ketones (excluding diaryl/α,β-unsaturated/α-hetero) is 1. The molecule has 0 heterocycles. The average Bonchev–Trinajstić information content (AvgIpc) is 2.76. The molecule has 1 atom stereocenters. The minimum absolute atomic E-state index is 0.00195. The number of amides is 1. The Labute approximate surface area is 191 Å². The summed E-state index contributed by atoms with van der Waals surface area (Å²) in [4.78, 5) is 48.9. The highest BCUT2D eigenvalue weighted by Crippen LogP contribution is 2.25. The molecule has 0 bridgehead atoms. The Kier molecular flexibility index (Phi) is 12.9. The fraction of sp³-hybridized carbons (Fsp3) is 0.600. The van der Waals surface area contributed by atoms with Gasteiger partial charge in [0.15, 0.2) is 11.7 Å². The molecule has 1 aromatic carbocycles. The van der Waals surface area contributed by atoms with Crippen LogP contribution in [0.1, 0.15) is 94.6 Å². The lowest BCUT2D eigenvalue weighted by atomic mass is 9.93. The van der Waals surface area contributed by atoms with E-state index in [2.05, 4.69) is 12.2 Å². The molecular weight excluding hydrogens is 410 g/mol. The van der Waals surface area contributed by atoms with E-state index in [-0.39, 0.29) is 31.3 Å². The highest BCUT2D eigenvalue weighted by atomic mass is 16.6. The molecule has 0 fully saturated rings. The summed E-state index contributed by atoms with van der Waals surface area (Å²) in [6.45, 7) is 7.11. The lowest BCUT2D eigenvalue weighted by Gasteiger charge is -2.23. The number of benzene rings is 1. The van der Waals surface area contributed by atoms with E-state index in [1.807, 2.05) is 0 Å². The quantitative estimate of drug-likeness (QED) is 0.183. The zero-order chi connectivity index (χ0) is 23.9. The Morgan fingerprint density at radius 1 is 0.844 bits per heavy atom. The smallest absolute Gasteiger partial charge is 0.320 e. The van der Waals surface area contributed by atoms with Gasteiger partial charge in [-0.05, 0) is 32.3 Å². The van der Waals surface area contributed by atoms with Crippen molar-refractivity contribution in [3.05, 3.63) is 35.4 Å². The van der Waals surface area contributed by atoms with Crippen molar-refractivity contribution in [2.75, 3.05) is 13.2 Å². The molecule has 0 aromatic heterocycles. The maximum atomic E-state index is 12.4. The van der Waals surface area contributed by atoms with Gasteiger partial charge >= 0.3 is 11.9 Å². The van der Waals surface area contributed by atoms with Crippen molar-refractivity contribution in [2.24, 2.45) is 5.92 Å². The molecule has 0 spiro atoms. The van der Waals surface area contributed by atoms with Crippen LogP contribution in [-0.4, -0.2) is 36.8 Å². The normalized spacial score (nSPS) is 11.7. The van der Waals surface area contributed by atoms with E-state index >= 15 is 0 Å². The zero-order valence-electron chi connectivity index (χ0n) is 19.8. The number of carbonyl (C=O) groups is 4. The molecule has 178 valence electrons. The van der Waals surface area contributed by atoms with Crippen molar-refractivity contribution in [2.45, 2.75) is 78.7 Å². The largest absolute Gasteiger partial charge is 0.465 e. The van der Waals surface area contributed by atoms with Crippen LogP contribution in [0.5, 0.6) is 0 Å². The van der Waals surface area contributed by atoms with Crippen molar-refractivity contribution < 1.29 is 28.7 Å². The van der Waals surface area contributed by atoms with E-state index in [0.717, 1.165) is 25.7 Å². The first-order valence-corrected chi connectivity index (χ1v) is 11.6. The Bertz CT molecular complexity index is 725. The molecule has 1 rings (SSSR count). The topological polar surface area (TPSA) is 98.8 Å². The second kappa shape index (κ2) is 15.2. The Morgan fingerprint density at radius 2 is 1.41 bits per heavy atom. The van der Waals surface area contributed by atoms with Gasteiger partial charge in [0, 0.05) is 18.9 Å². The van der Waals surface area contributed by atoms with Gasteiger partial charge in [-0.25, -0.2) is 0 Å². The van der Waals surface area contributed by atoms with Crippen LogP contribution in [0.3, 0.4) is 0 Å². The molecular formula is C25H37NO6. The molecule has 1 unspecified atom stereocenters. The fourth-order valence-electron chi connectivity index (χ4n) is 3.47. The molecule has 0 aliphatic heterocycles. The third-order valence-electron chi connectivity index (χ3n) is 5.13. The van der Waals surface area contributed by atoms with E-state index in [4.69, 9.17) is 9.47 Å². The third-order valence-corrected chi connectivity index (χ3v) is 5.13. The van der Waals surface area contributed by atoms with Crippen LogP contribution in [0.4, 0.5) is 0 Å². The molecule has 0 aliphatic rings. The Hall–Kier alpha value is -2.70. The van der Waals surface area contributed by atoms with Crippen molar-refractivity contribution >= 4 is 23.6 Å². The van der Waals surface area contributed by atoms with E-state index in [9.17, 15) is 19.2 Å². The second-order valence-corrected chi connectivity index (χ2v) is 7.75. The molecule has 1 amide bonds. The first-order chi connectivity index (χ1) is 15.3. The molecule has 1 N–H and O–H groups in total. The van der Waals surface area contributed by atoms with E-state index in [0.29, 0.717) is 17.5 Å². The SMILES string of the molecule is CCCCCCCC(=O)c1ccc(C(CC(C(=O)OCC)C(=O)OCC)NC(C)=O)cc1. The van der Waals surface area contributed by atoms with Crippen molar-refractivity contribution in [1.29, 1.82) is 0 Å². The minimum Gasteiger partial charge on any atom is -0.465 e. The molecule has 32 heavy (non-hydrogen) atoms. The van der Waals surface area contributed by atoms with E-state index in [1.54, 1.807) is 38.1 Å². The number of carbonyl (C=O) groups excluding carboxylic acids is 4. The highest BCUT2D eigenvalue weighted by molar-refractivity contribution is 5.96. The van der Waals surface area contributed by atoms with Gasteiger partial charge in [-0.3, -0.25) is 19.2 Å². The van der Waals surface area contributed by atoms with Gasteiger partial charge in [0.2, 0.25) is 5.91 Å². The molecule has 0 saturated heterocycles. The maximum absolute atomic E-state index is 12.4. The van der Waals surface area contributed by atoms with Crippen molar-refractivity contribution in [3.8, 4) is 0 Å². The first-order valence-electron chi connectivity index (χ1n) is 11.6. The predicted octanol–water partition coefficient (Wildman–Crippen LogP) is 4.54. The maximum Gasteiger partial charge on any atom is 0.320 e. The van der Waals surface area contributed by atoms with Crippen LogP contribution in [0, 0.1) is 5.92 Å². The van der Waals surface area contributed by atoms with Crippen LogP contribution in [0.15, 0.2) is 24.3 Å². The van der Waals surface area contributed by atoms with Gasteiger partial charge in [0.05, 0.1) is 19.3 Å². The van der Waals surface area contributed by atoms with Crippen LogP contribution >= 0.6 is 0 Å². The van der Waals surface area contributed by atoms with Crippen molar-refractivity contribution in [3.63, 3.8) is 0 Å². The minimum atomic E-state index is -1.16. The number of ether oxygens (including phenoxy) is 2. The lowest BCUT2D eigenvalue weighted by Crippen LogP contribution is -2.35. The molecule has 7 nitrogen and oxygen atoms in total. The average molecular weight is 448 g/mol. The summed E-state index contributed by atoms with van der Waals surface area (Å²) in [5, 5.41) is 2.78. The lowest BCUT2D eigenvalue weighted by molar-refractivity contribution is -0.162. The van der Waals surface area contributed by atoms with E-state index in [1.165, 1.54) is 13.3 Å². The molecule has 0 radical (unpaired) electrons. The zero-order valence-corrected chi connectivity index (χ0v) is 19.8. The summed E-state index contributed by atoms with van der Waals surface area (Å²) in [7, 11) is 0. The van der Waals surface area contributed by atoms with Gasteiger partial charge in [-0.1, -0.05) is 56.9 Å². The standard InChI is InChI=1S/C25H37NO6/c1-5-8-9-10-11-12-23(28)20-15-13-19(14-16-20)22(26-18(4)27)17-21(24(29)31-6-2)25(30)32-7-3/h13-16,21-22H,5-12,17H2,1-4H3,(H,26,27). The first kappa shape index (κ1) is 27.3. The summed E-state index contributed by atoms with van der Waals surface area (Å²) in [6.07, 6.45) is 5.92. The van der Waals surface area contributed by atoms with Crippen LogP contribution in [0.25, 0.3) is 0 Å². The molecule has 7 heteroatoms. The van der Waals surface area contributed by atoms with E-state index < -0.39 is 23.9 Å². The number of nitrogens with one attached hydrogen (secondary N) is 1. The number of unbranched alkanes of at least 4 members (excludes halogenated alkanes) is 4. The molecule has 0 saturated carbocycles. The molecule has 0 aliphatic carbocycles. The number of hydrogen-bond donors (Lipinski definition) is 1. The van der Waals surface area contributed by atoms with Crippen LogP contribution < -0.4 is 5.32 Å². The highest BCUT2D eigenvalue weighted by Gasteiger charge is 2.33. The van der Waals surface area contributed by atoms with Gasteiger partial charge in [0.25, 0.3) is 0 Å². The number of hydrogen-bond acceptors (Lipinski definition) is 6. The summed E-state index contributed by atoms with van der Waals surface area (Å²) >= 11 is 0. The van der Waals surface area contributed by atoms with Gasteiger partial charge < -0.3 is 14.8 Å². The molecule has 1 aromatic rings. The summed E-state index contributed by atoms with van der Waals surface area (Å²) < 4.78 is 10.1. The van der Waals surface area contributed by atoms with Gasteiger partial charge in [-0.2, -0.15) is 0 Å². The summed E-state index contributed by atoms with van der Waals surface area (Å²) in [6, 6.07) is 6.34. The number of rotatable bonds is 15. The van der Waals surface area contributed by atoms with Gasteiger partial charge in [0.1, 0.15) is 0 Å². The van der Waals surface area contributed by atoms with Crippen molar-refractivity contribution in [1.82, 2.24) is 5.32 Å². The second-order valence-electron chi connectivity index (χ2n) is 7.75. The third kappa shape index (κ3) is 9.62. The number of esters is 2. The summed E-state index contributed by atoms with van der Waals surface area (Å²) in [5.74, 6) is -2.74.